The van der Waals surface area contributed by atoms with Crippen LogP contribution in [0, 0.1) is 5.92 Å². The van der Waals surface area contributed by atoms with Crippen molar-refractivity contribution in [1.29, 1.82) is 0 Å². The number of carbonyl (C=O) groups is 1. The van der Waals surface area contributed by atoms with E-state index in [2.05, 4.69) is 0 Å². The smallest absolute Gasteiger partial charge is 0.160 e. The fraction of sp³-hybridized carbons (Fsp3) is 0.583. The first-order chi connectivity index (χ1) is 7.33. The number of hydrogen-bond donors (Lipinski definition) is 1. The Labute approximate surface area is 93.9 Å². The second-order valence-corrected chi connectivity index (χ2v) is 5.15. The summed E-state index contributed by atoms with van der Waals surface area (Å²) in [7, 11) is 0. The van der Waals surface area contributed by atoms with Gasteiger partial charge in [0.15, 0.2) is 6.29 Å². The molecule has 1 unspecified atom stereocenters. The third-order valence-electron chi connectivity index (χ3n) is 3.25. The lowest BCUT2D eigenvalue weighted by Crippen LogP contribution is -2.16. The van der Waals surface area contributed by atoms with Gasteiger partial charge in [0.25, 0.3) is 0 Å². The van der Waals surface area contributed by atoms with Crippen LogP contribution in [0.25, 0.3) is 0 Å². The maximum atomic E-state index is 10.8. The predicted octanol–water partition coefficient (Wildman–Crippen LogP) is 3.17. The van der Waals surface area contributed by atoms with E-state index in [1.54, 1.807) is 0 Å². The Balaban J connectivity index is 2.11. The van der Waals surface area contributed by atoms with Crippen LogP contribution in [-0.2, 0) is 0 Å². The summed E-state index contributed by atoms with van der Waals surface area (Å²) in [4.78, 5) is 11.5. The van der Waals surface area contributed by atoms with Gasteiger partial charge in [0.05, 0.1) is 11.0 Å². The highest BCUT2D eigenvalue weighted by Crippen LogP contribution is 2.36. The van der Waals surface area contributed by atoms with Crippen molar-refractivity contribution in [3.8, 4) is 0 Å². The molecule has 0 bridgehead atoms. The monoisotopic (exact) mass is 224 g/mol. The van der Waals surface area contributed by atoms with E-state index in [0.29, 0.717) is 10.8 Å². The fourth-order valence-corrected chi connectivity index (χ4v) is 3.12. The van der Waals surface area contributed by atoms with Gasteiger partial charge in [-0.25, -0.2) is 0 Å². The molecule has 1 aliphatic rings. The molecule has 1 saturated carbocycles. The zero-order valence-electron chi connectivity index (χ0n) is 8.69. The molecule has 1 atom stereocenters. The van der Waals surface area contributed by atoms with Gasteiger partial charge in [-0.1, -0.05) is 19.3 Å². The van der Waals surface area contributed by atoms with Crippen molar-refractivity contribution >= 4 is 17.6 Å². The standard InChI is InChI=1S/C12H16O2S/c13-8-11-10(6-7-15-11)12(14)9-4-2-1-3-5-9/h6-9,12,14H,1-5H2. The minimum absolute atomic E-state index is 0.354. The Morgan fingerprint density at radius 3 is 2.80 bits per heavy atom. The highest BCUT2D eigenvalue weighted by atomic mass is 32.1. The molecule has 1 aromatic heterocycles. The molecule has 82 valence electrons. The topological polar surface area (TPSA) is 37.3 Å². The van der Waals surface area contributed by atoms with Gasteiger partial charge >= 0.3 is 0 Å². The molecule has 0 aliphatic heterocycles. The minimum Gasteiger partial charge on any atom is -0.388 e. The largest absolute Gasteiger partial charge is 0.388 e. The number of aliphatic hydroxyl groups is 1. The summed E-state index contributed by atoms with van der Waals surface area (Å²) in [6.07, 6.45) is 6.31. The van der Waals surface area contributed by atoms with Crippen LogP contribution in [-0.4, -0.2) is 11.4 Å². The SMILES string of the molecule is O=Cc1sccc1C(O)C1CCCCC1. The van der Waals surface area contributed by atoms with Crippen LogP contribution >= 0.6 is 11.3 Å². The number of aldehydes is 1. The average Bonchev–Trinajstić information content (AvgIpc) is 2.77. The summed E-state index contributed by atoms with van der Waals surface area (Å²) in [5.74, 6) is 0.354. The van der Waals surface area contributed by atoms with Gasteiger partial charge in [-0.15, -0.1) is 11.3 Å². The maximum Gasteiger partial charge on any atom is 0.160 e. The van der Waals surface area contributed by atoms with E-state index in [-0.39, 0.29) is 0 Å². The first-order valence-corrected chi connectivity index (χ1v) is 6.41. The molecule has 1 N–H and O–H groups in total. The molecular weight excluding hydrogens is 208 g/mol. The zero-order valence-corrected chi connectivity index (χ0v) is 9.50. The lowest BCUT2D eigenvalue weighted by molar-refractivity contribution is 0.0838. The van der Waals surface area contributed by atoms with Gasteiger partial charge in [-0.3, -0.25) is 4.79 Å². The second kappa shape index (κ2) is 4.90. The Bertz CT molecular complexity index is 326. The highest BCUT2D eigenvalue weighted by molar-refractivity contribution is 7.11. The Morgan fingerprint density at radius 1 is 1.40 bits per heavy atom. The van der Waals surface area contributed by atoms with E-state index >= 15 is 0 Å². The second-order valence-electron chi connectivity index (χ2n) is 4.20. The molecule has 3 heteroatoms. The van der Waals surface area contributed by atoms with E-state index in [4.69, 9.17) is 0 Å². The maximum absolute atomic E-state index is 10.8. The molecular formula is C12H16O2S. The average molecular weight is 224 g/mol. The van der Waals surface area contributed by atoms with Crippen molar-refractivity contribution in [3.05, 3.63) is 21.9 Å². The van der Waals surface area contributed by atoms with Crippen molar-refractivity contribution in [2.45, 2.75) is 38.2 Å². The molecule has 0 aromatic carbocycles. The lowest BCUT2D eigenvalue weighted by atomic mass is 9.83. The quantitative estimate of drug-likeness (QED) is 0.801. The number of rotatable bonds is 3. The summed E-state index contributed by atoms with van der Waals surface area (Å²) in [5.41, 5.74) is 0.835. The van der Waals surface area contributed by atoms with Crippen LogP contribution in [0.2, 0.25) is 0 Å². The Morgan fingerprint density at radius 2 is 2.13 bits per heavy atom. The van der Waals surface area contributed by atoms with E-state index in [1.807, 2.05) is 11.4 Å². The minimum atomic E-state index is -0.434. The van der Waals surface area contributed by atoms with Crippen molar-refractivity contribution in [2.75, 3.05) is 0 Å². The molecule has 0 amide bonds. The summed E-state index contributed by atoms with van der Waals surface area (Å²) in [5, 5.41) is 12.1. The van der Waals surface area contributed by atoms with Crippen LogP contribution < -0.4 is 0 Å². The third-order valence-corrected chi connectivity index (χ3v) is 4.11. The molecule has 15 heavy (non-hydrogen) atoms. The van der Waals surface area contributed by atoms with E-state index in [9.17, 15) is 9.90 Å². The molecule has 0 saturated heterocycles. The number of aliphatic hydroxyl groups excluding tert-OH is 1. The summed E-state index contributed by atoms with van der Waals surface area (Å²) in [6, 6.07) is 1.88. The molecule has 2 nitrogen and oxygen atoms in total. The van der Waals surface area contributed by atoms with Crippen molar-refractivity contribution in [2.24, 2.45) is 5.92 Å². The Hall–Kier alpha value is -0.670. The van der Waals surface area contributed by atoms with Gasteiger partial charge in [-0.05, 0) is 30.2 Å². The first kappa shape index (κ1) is 10.8. The van der Waals surface area contributed by atoms with Gasteiger partial charge in [0.2, 0.25) is 0 Å². The van der Waals surface area contributed by atoms with E-state index in [1.165, 1.54) is 30.6 Å². The van der Waals surface area contributed by atoms with E-state index in [0.717, 1.165) is 24.7 Å². The normalized spacial score (nSPS) is 20.1. The third kappa shape index (κ3) is 2.29. The summed E-state index contributed by atoms with van der Waals surface area (Å²) < 4.78 is 0. The number of thiophene rings is 1. The molecule has 1 aliphatic carbocycles. The highest BCUT2D eigenvalue weighted by Gasteiger charge is 2.25. The van der Waals surface area contributed by atoms with E-state index < -0.39 is 6.10 Å². The van der Waals surface area contributed by atoms with Crippen molar-refractivity contribution in [3.63, 3.8) is 0 Å². The summed E-state index contributed by atoms with van der Waals surface area (Å²) >= 11 is 1.41. The first-order valence-electron chi connectivity index (χ1n) is 5.53. The van der Waals surface area contributed by atoms with Crippen molar-refractivity contribution in [1.82, 2.24) is 0 Å². The molecule has 1 heterocycles. The van der Waals surface area contributed by atoms with Crippen molar-refractivity contribution < 1.29 is 9.90 Å². The predicted molar refractivity (Wildman–Crippen MR) is 61.2 cm³/mol. The summed E-state index contributed by atoms with van der Waals surface area (Å²) in [6.45, 7) is 0. The zero-order chi connectivity index (χ0) is 10.7. The molecule has 2 rings (SSSR count). The van der Waals surface area contributed by atoms with Gasteiger partial charge in [-0.2, -0.15) is 0 Å². The van der Waals surface area contributed by atoms with Gasteiger partial charge in [0, 0.05) is 5.56 Å². The Kier molecular flexibility index (Phi) is 3.54. The lowest BCUT2D eigenvalue weighted by Gasteiger charge is -2.26. The van der Waals surface area contributed by atoms with Crippen LogP contribution in [0.15, 0.2) is 11.4 Å². The van der Waals surface area contributed by atoms with Crippen LogP contribution in [0.1, 0.15) is 53.4 Å². The number of hydrogen-bond acceptors (Lipinski definition) is 3. The van der Waals surface area contributed by atoms with Crippen LogP contribution in [0.5, 0.6) is 0 Å². The molecule has 1 fully saturated rings. The molecule has 0 spiro atoms. The molecule has 1 aromatic rings. The fourth-order valence-electron chi connectivity index (χ4n) is 2.37. The van der Waals surface area contributed by atoms with Crippen LogP contribution in [0.3, 0.4) is 0 Å². The number of carbonyl (C=O) groups excluding carboxylic acids is 1. The van der Waals surface area contributed by atoms with Crippen LogP contribution in [0.4, 0.5) is 0 Å². The van der Waals surface area contributed by atoms with Gasteiger partial charge < -0.3 is 5.11 Å². The molecule has 0 radical (unpaired) electrons. The van der Waals surface area contributed by atoms with Gasteiger partial charge in [0.1, 0.15) is 0 Å².